The molecule has 0 spiro atoms. The summed E-state index contributed by atoms with van der Waals surface area (Å²) in [6.07, 6.45) is 2.40. The first-order valence-electron chi connectivity index (χ1n) is 12.6. The third-order valence-electron chi connectivity index (χ3n) is 6.88. The summed E-state index contributed by atoms with van der Waals surface area (Å²) in [6.45, 7) is 5.95. The maximum absolute atomic E-state index is 13.5. The molecule has 1 fully saturated rings. The predicted molar refractivity (Wildman–Crippen MR) is 148 cm³/mol. The molecule has 0 radical (unpaired) electrons. The number of anilines is 2. The Morgan fingerprint density at radius 1 is 1.03 bits per heavy atom. The molecule has 196 valence electrons. The Labute approximate surface area is 220 Å². The summed E-state index contributed by atoms with van der Waals surface area (Å²) in [6, 6.07) is 22.8. The standard InChI is InChI=1S/C29H35N3O4S/c1-22-16-18-31(19-17-22)25-14-12-24(13-15-25)23(2)30-29(33)21-32(26-8-7-9-27(20-26)36-3)37(34,35)28-10-5-4-6-11-28/h4-15,20,22-23H,16-19,21H2,1-3H3,(H,30,33). The van der Waals surface area contributed by atoms with E-state index in [2.05, 4.69) is 29.3 Å². The lowest BCUT2D eigenvalue weighted by atomic mass is 9.98. The van der Waals surface area contributed by atoms with Crippen LogP contribution in [0.15, 0.2) is 83.8 Å². The van der Waals surface area contributed by atoms with Crippen molar-refractivity contribution in [3.63, 3.8) is 0 Å². The fourth-order valence-electron chi connectivity index (χ4n) is 4.54. The van der Waals surface area contributed by atoms with Gasteiger partial charge in [0.25, 0.3) is 10.0 Å². The lowest BCUT2D eigenvalue weighted by Crippen LogP contribution is -2.41. The number of ether oxygens (including phenoxy) is 1. The predicted octanol–water partition coefficient (Wildman–Crippen LogP) is 5.00. The van der Waals surface area contributed by atoms with E-state index in [-0.39, 0.29) is 17.5 Å². The molecule has 1 saturated heterocycles. The van der Waals surface area contributed by atoms with Crippen molar-refractivity contribution in [3.8, 4) is 5.75 Å². The molecule has 0 aromatic heterocycles. The second-order valence-corrected chi connectivity index (χ2v) is 11.4. The van der Waals surface area contributed by atoms with E-state index in [9.17, 15) is 13.2 Å². The zero-order chi connectivity index (χ0) is 26.4. The van der Waals surface area contributed by atoms with Crippen LogP contribution in [-0.2, 0) is 14.8 Å². The largest absolute Gasteiger partial charge is 0.497 e. The van der Waals surface area contributed by atoms with Gasteiger partial charge in [0.2, 0.25) is 5.91 Å². The Kier molecular flexibility index (Phi) is 8.38. The molecule has 3 aromatic rings. The van der Waals surface area contributed by atoms with Crippen molar-refractivity contribution < 1.29 is 17.9 Å². The van der Waals surface area contributed by atoms with Crippen LogP contribution in [-0.4, -0.2) is 41.1 Å². The zero-order valence-electron chi connectivity index (χ0n) is 21.6. The van der Waals surface area contributed by atoms with Crippen LogP contribution in [0.4, 0.5) is 11.4 Å². The van der Waals surface area contributed by atoms with Gasteiger partial charge in [-0.25, -0.2) is 8.42 Å². The number of nitrogens with zero attached hydrogens (tertiary/aromatic N) is 2. The molecule has 0 bridgehead atoms. The average Bonchev–Trinajstić information content (AvgIpc) is 2.92. The fraction of sp³-hybridized carbons (Fsp3) is 0.345. The number of methoxy groups -OCH3 is 1. The molecule has 1 aliphatic heterocycles. The number of rotatable bonds is 9. The van der Waals surface area contributed by atoms with Crippen molar-refractivity contribution >= 4 is 27.3 Å². The van der Waals surface area contributed by atoms with E-state index in [0.29, 0.717) is 11.4 Å². The first-order valence-corrected chi connectivity index (χ1v) is 14.1. The van der Waals surface area contributed by atoms with Crippen LogP contribution in [0, 0.1) is 5.92 Å². The molecule has 0 saturated carbocycles. The minimum absolute atomic E-state index is 0.112. The number of hydrogen-bond acceptors (Lipinski definition) is 5. The summed E-state index contributed by atoms with van der Waals surface area (Å²) < 4.78 is 33.5. The van der Waals surface area contributed by atoms with Crippen molar-refractivity contribution in [2.45, 2.75) is 37.6 Å². The summed E-state index contributed by atoms with van der Waals surface area (Å²) in [5, 5.41) is 2.96. The first-order chi connectivity index (χ1) is 17.8. The highest BCUT2D eigenvalue weighted by atomic mass is 32.2. The highest BCUT2D eigenvalue weighted by Crippen LogP contribution is 2.28. The second-order valence-electron chi connectivity index (χ2n) is 9.58. The molecule has 0 aliphatic carbocycles. The van der Waals surface area contributed by atoms with Gasteiger partial charge in [-0.15, -0.1) is 0 Å². The van der Waals surface area contributed by atoms with E-state index in [4.69, 9.17) is 4.74 Å². The van der Waals surface area contributed by atoms with E-state index in [1.807, 2.05) is 19.1 Å². The van der Waals surface area contributed by atoms with E-state index in [1.54, 1.807) is 42.5 Å². The van der Waals surface area contributed by atoms with Gasteiger partial charge in [0.05, 0.1) is 23.7 Å². The van der Waals surface area contributed by atoms with Crippen LogP contribution in [0.25, 0.3) is 0 Å². The molecule has 1 aliphatic rings. The Bertz CT molecular complexity index is 1290. The van der Waals surface area contributed by atoms with Crippen LogP contribution in [0.3, 0.4) is 0 Å². The SMILES string of the molecule is COc1cccc(N(CC(=O)NC(C)c2ccc(N3CCC(C)CC3)cc2)S(=O)(=O)c2ccccc2)c1. The van der Waals surface area contributed by atoms with Crippen molar-refractivity contribution in [2.75, 3.05) is 35.9 Å². The summed E-state index contributed by atoms with van der Waals surface area (Å²) in [7, 11) is -2.47. The number of carbonyl (C=O) groups is 1. The van der Waals surface area contributed by atoms with Gasteiger partial charge < -0.3 is 15.0 Å². The Morgan fingerprint density at radius 2 is 1.70 bits per heavy atom. The van der Waals surface area contributed by atoms with Gasteiger partial charge in [-0.2, -0.15) is 0 Å². The third-order valence-corrected chi connectivity index (χ3v) is 8.67. The number of nitrogens with one attached hydrogen (secondary N) is 1. The van der Waals surface area contributed by atoms with Crippen LogP contribution in [0.1, 0.15) is 38.3 Å². The van der Waals surface area contributed by atoms with Crippen LogP contribution < -0.4 is 19.3 Å². The highest BCUT2D eigenvalue weighted by Gasteiger charge is 2.28. The molecule has 1 unspecified atom stereocenters. The van der Waals surface area contributed by atoms with E-state index in [1.165, 1.54) is 37.8 Å². The van der Waals surface area contributed by atoms with Crippen molar-refractivity contribution in [3.05, 3.63) is 84.4 Å². The molecule has 8 heteroatoms. The molecule has 1 atom stereocenters. The van der Waals surface area contributed by atoms with Gasteiger partial charge in [-0.05, 0) is 67.6 Å². The van der Waals surface area contributed by atoms with E-state index in [0.717, 1.165) is 28.9 Å². The summed E-state index contributed by atoms with van der Waals surface area (Å²) in [5.74, 6) is 0.875. The number of amides is 1. The minimum atomic E-state index is -3.99. The maximum atomic E-state index is 13.5. The normalized spacial score (nSPS) is 15.2. The Hall–Kier alpha value is -3.52. The van der Waals surface area contributed by atoms with Crippen LogP contribution >= 0.6 is 0 Å². The summed E-state index contributed by atoms with van der Waals surface area (Å²) in [5.41, 5.74) is 2.50. The maximum Gasteiger partial charge on any atom is 0.264 e. The first kappa shape index (κ1) is 26.5. The van der Waals surface area contributed by atoms with Crippen molar-refractivity contribution in [1.29, 1.82) is 0 Å². The molecule has 3 aromatic carbocycles. The van der Waals surface area contributed by atoms with Gasteiger partial charge >= 0.3 is 0 Å². The molecular weight excluding hydrogens is 486 g/mol. The lowest BCUT2D eigenvalue weighted by molar-refractivity contribution is -0.120. The third kappa shape index (κ3) is 6.43. The van der Waals surface area contributed by atoms with E-state index < -0.39 is 15.9 Å². The molecule has 1 heterocycles. The Balaban J connectivity index is 1.49. The molecule has 4 rings (SSSR count). The molecule has 1 amide bonds. The van der Waals surface area contributed by atoms with Gasteiger partial charge in [0, 0.05) is 24.8 Å². The number of piperidine rings is 1. The average molecular weight is 522 g/mol. The van der Waals surface area contributed by atoms with E-state index >= 15 is 0 Å². The topological polar surface area (TPSA) is 79.0 Å². The van der Waals surface area contributed by atoms with Gasteiger partial charge in [0.15, 0.2) is 0 Å². The Morgan fingerprint density at radius 3 is 2.35 bits per heavy atom. The number of benzene rings is 3. The number of hydrogen-bond donors (Lipinski definition) is 1. The van der Waals surface area contributed by atoms with Crippen LogP contribution in [0.5, 0.6) is 5.75 Å². The number of carbonyl (C=O) groups excluding carboxylic acids is 1. The molecule has 7 nitrogen and oxygen atoms in total. The number of sulfonamides is 1. The molecule has 37 heavy (non-hydrogen) atoms. The summed E-state index contributed by atoms with van der Waals surface area (Å²) >= 11 is 0. The quantitative estimate of drug-likeness (QED) is 0.429. The van der Waals surface area contributed by atoms with Crippen molar-refractivity contribution in [2.24, 2.45) is 5.92 Å². The fourth-order valence-corrected chi connectivity index (χ4v) is 5.98. The summed E-state index contributed by atoms with van der Waals surface area (Å²) in [4.78, 5) is 15.6. The molecular formula is C29H35N3O4S. The van der Waals surface area contributed by atoms with Gasteiger partial charge in [-0.1, -0.05) is 43.3 Å². The lowest BCUT2D eigenvalue weighted by Gasteiger charge is -2.32. The zero-order valence-corrected chi connectivity index (χ0v) is 22.4. The second kappa shape index (κ2) is 11.7. The van der Waals surface area contributed by atoms with Gasteiger partial charge in [-0.3, -0.25) is 9.10 Å². The smallest absolute Gasteiger partial charge is 0.264 e. The highest BCUT2D eigenvalue weighted by molar-refractivity contribution is 7.92. The van der Waals surface area contributed by atoms with Crippen LogP contribution in [0.2, 0.25) is 0 Å². The molecule has 1 N–H and O–H groups in total. The van der Waals surface area contributed by atoms with Gasteiger partial charge in [0.1, 0.15) is 12.3 Å². The monoisotopic (exact) mass is 521 g/mol. The minimum Gasteiger partial charge on any atom is -0.497 e. The van der Waals surface area contributed by atoms with Crippen molar-refractivity contribution in [1.82, 2.24) is 5.32 Å².